The standard InChI is InChI=1S/C22H33N5O2S/c1-7-15(2)25-20(28)18-10-8-9-17(11-18)12-24-22(23-4)27(5)13-19-14-30-21(26-19)16(3)29-6/h8-11,14-16H,7,12-13H2,1-6H3,(H,23,24)(H,25,28). The van der Waals surface area contributed by atoms with Crippen LogP contribution in [0.5, 0.6) is 0 Å². The monoisotopic (exact) mass is 431 g/mol. The lowest BCUT2D eigenvalue weighted by Crippen LogP contribution is -2.38. The Balaban J connectivity index is 1.95. The van der Waals surface area contributed by atoms with Crippen LogP contribution in [0.4, 0.5) is 0 Å². The summed E-state index contributed by atoms with van der Waals surface area (Å²) >= 11 is 1.60. The third-order valence-electron chi connectivity index (χ3n) is 4.87. The number of benzene rings is 1. The molecule has 0 radical (unpaired) electrons. The molecule has 0 bridgehead atoms. The zero-order valence-corrected chi connectivity index (χ0v) is 19.5. The molecule has 2 aromatic rings. The van der Waals surface area contributed by atoms with E-state index in [1.54, 1.807) is 25.5 Å². The van der Waals surface area contributed by atoms with Crippen LogP contribution in [0.2, 0.25) is 0 Å². The van der Waals surface area contributed by atoms with E-state index in [-0.39, 0.29) is 18.1 Å². The number of ether oxygens (including phenoxy) is 1. The van der Waals surface area contributed by atoms with Crippen molar-refractivity contribution in [2.45, 2.75) is 52.4 Å². The number of aliphatic imine (C=N–C) groups is 1. The summed E-state index contributed by atoms with van der Waals surface area (Å²) in [4.78, 5) is 23.4. The van der Waals surface area contributed by atoms with Crippen molar-refractivity contribution in [1.82, 2.24) is 20.5 Å². The van der Waals surface area contributed by atoms with Gasteiger partial charge in [0.05, 0.1) is 12.2 Å². The van der Waals surface area contributed by atoms with Gasteiger partial charge in [-0.3, -0.25) is 9.79 Å². The van der Waals surface area contributed by atoms with Gasteiger partial charge in [0.25, 0.3) is 5.91 Å². The highest BCUT2D eigenvalue weighted by Gasteiger charge is 2.13. The van der Waals surface area contributed by atoms with Gasteiger partial charge in [-0.15, -0.1) is 11.3 Å². The number of thiazole rings is 1. The highest BCUT2D eigenvalue weighted by Crippen LogP contribution is 2.21. The van der Waals surface area contributed by atoms with E-state index in [9.17, 15) is 4.79 Å². The van der Waals surface area contributed by atoms with E-state index in [2.05, 4.69) is 27.5 Å². The van der Waals surface area contributed by atoms with Crippen molar-refractivity contribution in [3.8, 4) is 0 Å². The minimum atomic E-state index is -0.0441. The first-order valence-corrected chi connectivity index (χ1v) is 11.0. The van der Waals surface area contributed by atoms with E-state index in [4.69, 9.17) is 4.74 Å². The molecule has 30 heavy (non-hydrogen) atoms. The summed E-state index contributed by atoms with van der Waals surface area (Å²) in [5.41, 5.74) is 2.67. The van der Waals surface area contributed by atoms with Crippen LogP contribution in [0.3, 0.4) is 0 Å². The van der Waals surface area contributed by atoms with Crippen molar-refractivity contribution < 1.29 is 9.53 Å². The molecule has 164 valence electrons. The second-order valence-corrected chi connectivity index (χ2v) is 8.18. The van der Waals surface area contributed by atoms with Gasteiger partial charge in [0.2, 0.25) is 0 Å². The molecule has 1 amide bonds. The maximum Gasteiger partial charge on any atom is 0.251 e. The molecule has 1 aromatic carbocycles. The molecule has 2 N–H and O–H groups in total. The van der Waals surface area contributed by atoms with Crippen molar-refractivity contribution in [2.75, 3.05) is 21.2 Å². The lowest BCUT2D eigenvalue weighted by molar-refractivity contribution is 0.0939. The largest absolute Gasteiger partial charge is 0.375 e. The van der Waals surface area contributed by atoms with Crippen LogP contribution in [-0.4, -0.2) is 49.0 Å². The predicted molar refractivity (Wildman–Crippen MR) is 123 cm³/mol. The fourth-order valence-corrected chi connectivity index (χ4v) is 3.64. The number of carbonyl (C=O) groups is 1. The molecule has 2 rings (SSSR count). The molecule has 0 fully saturated rings. The maximum absolute atomic E-state index is 12.4. The lowest BCUT2D eigenvalue weighted by atomic mass is 10.1. The first-order valence-electron chi connectivity index (χ1n) is 10.2. The number of nitrogens with one attached hydrogen (secondary N) is 2. The Morgan fingerprint density at radius 3 is 2.80 bits per heavy atom. The van der Waals surface area contributed by atoms with Gasteiger partial charge >= 0.3 is 0 Å². The second-order valence-electron chi connectivity index (χ2n) is 7.29. The molecule has 0 saturated carbocycles. The highest BCUT2D eigenvalue weighted by atomic mass is 32.1. The summed E-state index contributed by atoms with van der Waals surface area (Å²) in [6.45, 7) is 7.26. The highest BCUT2D eigenvalue weighted by molar-refractivity contribution is 7.09. The van der Waals surface area contributed by atoms with Crippen LogP contribution in [0, 0.1) is 0 Å². The summed E-state index contributed by atoms with van der Waals surface area (Å²) in [6.07, 6.45) is 0.900. The predicted octanol–water partition coefficient (Wildman–Crippen LogP) is 3.59. The zero-order valence-electron chi connectivity index (χ0n) is 18.7. The van der Waals surface area contributed by atoms with Crippen LogP contribution in [0.15, 0.2) is 34.6 Å². The number of carbonyl (C=O) groups excluding carboxylic acids is 1. The molecule has 0 aliphatic heterocycles. The minimum absolute atomic E-state index is 0.00344. The van der Waals surface area contributed by atoms with Crippen molar-refractivity contribution in [1.29, 1.82) is 0 Å². The van der Waals surface area contributed by atoms with E-state index in [1.807, 2.05) is 55.4 Å². The number of amides is 1. The number of hydrogen-bond donors (Lipinski definition) is 2. The Kier molecular flexibility index (Phi) is 9.26. The summed E-state index contributed by atoms with van der Waals surface area (Å²) in [6, 6.07) is 7.81. The molecule has 2 unspecified atom stereocenters. The van der Waals surface area contributed by atoms with Gasteiger partial charge < -0.3 is 20.3 Å². The Morgan fingerprint density at radius 1 is 1.37 bits per heavy atom. The topological polar surface area (TPSA) is 78.9 Å². The van der Waals surface area contributed by atoms with Crippen LogP contribution >= 0.6 is 11.3 Å². The smallest absolute Gasteiger partial charge is 0.251 e. The average Bonchev–Trinajstić information content (AvgIpc) is 3.22. The maximum atomic E-state index is 12.4. The Hall–Kier alpha value is -2.45. The average molecular weight is 432 g/mol. The number of guanidine groups is 1. The Morgan fingerprint density at radius 2 is 2.13 bits per heavy atom. The van der Waals surface area contributed by atoms with Gasteiger partial charge in [0.1, 0.15) is 11.1 Å². The Labute approximate surface area is 183 Å². The van der Waals surface area contributed by atoms with Crippen molar-refractivity contribution in [3.63, 3.8) is 0 Å². The molecule has 8 heteroatoms. The third-order valence-corrected chi connectivity index (χ3v) is 5.93. The summed E-state index contributed by atoms with van der Waals surface area (Å²) in [5, 5.41) is 9.38. The van der Waals surface area contributed by atoms with Crippen LogP contribution in [0.1, 0.15) is 59.9 Å². The van der Waals surface area contributed by atoms with Gasteiger partial charge in [-0.25, -0.2) is 4.98 Å². The van der Waals surface area contributed by atoms with E-state index in [0.29, 0.717) is 18.7 Å². The molecule has 1 aromatic heterocycles. The Bertz CT molecular complexity index is 852. The van der Waals surface area contributed by atoms with E-state index < -0.39 is 0 Å². The van der Waals surface area contributed by atoms with E-state index >= 15 is 0 Å². The van der Waals surface area contributed by atoms with Gasteiger partial charge in [0.15, 0.2) is 5.96 Å². The fraction of sp³-hybridized carbons (Fsp3) is 0.500. The molecular weight excluding hydrogens is 398 g/mol. The molecule has 0 aliphatic carbocycles. The number of nitrogens with zero attached hydrogens (tertiary/aromatic N) is 3. The SMILES string of the molecule is CCC(C)NC(=O)c1cccc(CNC(=NC)N(C)Cc2csc(C(C)OC)n2)c1. The molecule has 0 spiro atoms. The summed E-state index contributed by atoms with van der Waals surface area (Å²) in [7, 11) is 5.42. The minimum Gasteiger partial charge on any atom is -0.375 e. The van der Waals surface area contributed by atoms with E-state index in [1.165, 1.54) is 0 Å². The molecule has 0 saturated heterocycles. The molecule has 7 nitrogen and oxygen atoms in total. The van der Waals surface area contributed by atoms with Gasteiger partial charge in [-0.2, -0.15) is 0 Å². The van der Waals surface area contributed by atoms with Crippen molar-refractivity contribution in [3.05, 3.63) is 51.5 Å². The summed E-state index contributed by atoms with van der Waals surface area (Å²) in [5.74, 6) is 0.719. The molecule has 2 atom stereocenters. The lowest BCUT2D eigenvalue weighted by Gasteiger charge is -2.21. The number of hydrogen-bond acceptors (Lipinski definition) is 5. The third kappa shape index (κ3) is 6.81. The first kappa shape index (κ1) is 23.8. The summed E-state index contributed by atoms with van der Waals surface area (Å²) < 4.78 is 5.33. The normalized spacial score (nSPS) is 13.6. The van der Waals surface area contributed by atoms with Gasteiger partial charge in [0, 0.05) is 44.7 Å². The van der Waals surface area contributed by atoms with Crippen LogP contribution in [0.25, 0.3) is 0 Å². The fourth-order valence-electron chi connectivity index (χ4n) is 2.80. The van der Waals surface area contributed by atoms with Crippen LogP contribution < -0.4 is 10.6 Å². The van der Waals surface area contributed by atoms with Crippen LogP contribution in [-0.2, 0) is 17.8 Å². The second kappa shape index (κ2) is 11.7. The molecule has 0 aliphatic rings. The number of methoxy groups -OCH3 is 1. The first-order chi connectivity index (χ1) is 14.4. The molecule has 1 heterocycles. The van der Waals surface area contributed by atoms with Crippen molar-refractivity contribution >= 4 is 23.2 Å². The number of aromatic nitrogens is 1. The quantitative estimate of drug-likeness (QED) is 0.469. The molecular formula is C22H33N5O2S. The zero-order chi connectivity index (χ0) is 22.1. The van der Waals surface area contributed by atoms with Gasteiger partial charge in [-0.05, 0) is 38.0 Å². The van der Waals surface area contributed by atoms with Crippen molar-refractivity contribution in [2.24, 2.45) is 4.99 Å². The van der Waals surface area contributed by atoms with E-state index in [0.717, 1.165) is 28.6 Å². The van der Waals surface area contributed by atoms with Gasteiger partial charge in [-0.1, -0.05) is 19.1 Å². The number of rotatable bonds is 9.